The summed E-state index contributed by atoms with van der Waals surface area (Å²) in [7, 11) is 0. The molecule has 1 unspecified atom stereocenters. The Morgan fingerprint density at radius 3 is 3.00 bits per heavy atom. The summed E-state index contributed by atoms with van der Waals surface area (Å²) in [5.74, 6) is -0.524. The summed E-state index contributed by atoms with van der Waals surface area (Å²) in [6, 6.07) is 6.06. The van der Waals surface area contributed by atoms with E-state index in [1.165, 1.54) is 12.1 Å². The fourth-order valence-electron chi connectivity index (χ4n) is 3.33. The molecule has 2 aromatic rings. The number of carbonyl (C=O) groups is 1. The highest BCUT2D eigenvalue weighted by Crippen LogP contribution is 2.34. The molecule has 0 aliphatic carbocycles. The minimum Gasteiger partial charge on any atom is -0.387 e. The minimum absolute atomic E-state index is 0.232. The molecule has 1 N–H and O–H groups in total. The van der Waals surface area contributed by atoms with Crippen LogP contribution in [0.1, 0.15) is 23.4 Å². The molecule has 2 aliphatic rings. The lowest BCUT2D eigenvalue weighted by Gasteiger charge is -2.21. The fraction of sp³-hybridized carbons (Fsp3) is 0.389. The molecular weight excluding hydrogens is 355 g/mol. The molecule has 26 heavy (non-hydrogen) atoms. The third-order valence-corrected chi connectivity index (χ3v) is 5.47. The lowest BCUT2D eigenvalue weighted by molar-refractivity contribution is -0.115. The van der Waals surface area contributed by atoms with Crippen LogP contribution in [0.25, 0.3) is 0 Å². The summed E-state index contributed by atoms with van der Waals surface area (Å²) in [5, 5.41) is 9.91. The summed E-state index contributed by atoms with van der Waals surface area (Å²) >= 11 is 1.64. The second-order valence-corrected chi connectivity index (χ2v) is 7.66. The van der Waals surface area contributed by atoms with Gasteiger partial charge in [0.25, 0.3) is 5.91 Å². The Labute approximate surface area is 154 Å². The van der Waals surface area contributed by atoms with Gasteiger partial charge in [-0.3, -0.25) is 9.69 Å². The van der Waals surface area contributed by atoms with E-state index >= 15 is 0 Å². The molecule has 2 aliphatic heterocycles. The number of hydrogen-bond acceptors (Lipinski definition) is 6. The summed E-state index contributed by atoms with van der Waals surface area (Å²) < 4.78 is 12.9. The molecule has 0 bridgehead atoms. The van der Waals surface area contributed by atoms with Crippen molar-refractivity contribution in [2.75, 3.05) is 13.1 Å². The average Bonchev–Trinajstić information content (AvgIpc) is 3.38. The van der Waals surface area contributed by atoms with E-state index in [4.69, 9.17) is 4.84 Å². The molecule has 0 saturated carbocycles. The first kappa shape index (κ1) is 17.1. The minimum atomic E-state index is -0.403. The number of oxime groups is 1. The van der Waals surface area contributed by atoms with Gasteiger partial charge in [-0.2, -0.15) is 0 Å². The zero-order valence-corrected chi connectivity index (χ0v) is 15.0. The zero-order valence-electron chi connectivity index (χ0n) is 14.2. The maximum absolute atomic E-state index is 12.9. The predicted molar refractivity (Wildman–Crippen MR) is 96.1 cm³/mol. The Kier molecular flexibility index (Phi) is 4.69. The van der Waals surface area contributed by atoms with Gasteiger partial charge in [-0.05, 0) is 17.7 Å². The van der Waals surface area contributed by atoms with Crippen LogP contribution in [0.15, 0.2) is 41.0 Å². The number of amides is 1. The van der Waals surface area contributed by atoms with E-state index in [2.05, 4.69) is 20.4 Å². The van der Waals surface area contributed by atoms with Crippen LogP contribution in [0.3, 0.4) is 0 Å². The molecule has 1 aromatic carbocycles. The zero-order chi connectivity index (χ0) is 18.0. The van der Waals surface area contributed by atoms with Gasteiger partial charge < -0.3 is 10.2 Å². The molecule has 1 fully saturated rings. The van der Waals surface area contributed by atoms with Gasteiger partial charge >= 0.3 is 0 Å². The maximum Gasteiger partial charge on any atom is 0.269 e. The number of likely N-dealkylation sites (tertiary alicyclic amines) is 1. The smallest absolute Gasteiger partial charge is 0.269 e. The number of nitrogens with one attached hydrogen (secondary N) is 1. The van der Waals surface area contributed by atoms with Crippen LogP contribution in [-0.2, 0) is 22.7 Å². The normalized spacial score (nSPS) is 22.4. The van der Waals surface area contributed by atoms with E-state index in [9.17, 15) is 9.18 Å². The quantitative estimate of drug-likeness (QED) is 0.872. The summed E-state index contributed by atoms with van der Waals surface area (Å²) in [5.41, 5.74) is 0.854. The highest BCUT2D eigenvalue weighted by Gasteiger charge is 2.46. The van der Waals surface area contributed by atoms with Crippen molar-refractivity contribution in [2.24, 2.45) is 5.16 Å². The fourth-order valence-corrected chi connectivity index (χ4v) is 3.99. The summed E-state index contributed by atoms with van der Waals surface area (Å²) in [6.45, 7) is 2.78. The summed E-state index contributed by atoms with van der Waals surface area (Å²) in [4.78, 5) is 24.6. The number of hydrogen-bond donors (Lipinski definition) is 1. The van der Waals surface area contributed by atoms with E-state index in [-0.39, 0.29) is 11.7 Å². The first-order valence-corrected chi connectivity index (χ1v) is 9.38. The number of nitrogens with zero attached hydrogens (tertiary/aromatic N) is 3. The molecular formula is C18H19FN4O2S. The third kappa shape index (κ3) is 3.76. The topological polar surface area (TPSA) is 66.8 Å². The van der Waals surface area contributed by atoms with Crippen LogP contribution in [0.5, 0.6) is 0 Å². The van der Waals surface area contributed by atoms with Gasteiger partial charge in [-0.15, -0.1) is 11.3 Å². The molecule has 6 nitrogen and oxygen atoms in total. The Balaban J connectivity index is 1.29. The van der Waals surface area contributed by atoms with Crippen LogP contribution in [0.2, 0.25) is 0 Å². The van der Waals surface area contributed by atoms with Crippen molar-refractivity contribution in [3.8, 4) is 0 Å². The third-order valence-electron chi connectivity index (χ3n) is 4.71. The Morgan fingerprint density at radius 1 is 1.38 bits per heavy atom. The monoisotopic (exact) mass is 374 g/mol. The molecule has 1 spiro atoms. The molecule has 1 saturated heterocycles. The van der Waals surface area contributed by atoms with Gasteiger partial charge in [0, 0.05) is 44.1 Å². The van der Waals surface area contributed by atoms with Crippen molar-refractivity contribution in [1.29, 1.82) is 0 Å². The van der Waals surface area contributed by atoms with Crippen LogP contribution < -0.4 is 5.32 Å². The number of rotatable bonds is 5. The number of halogens is 1. The molecule has 1 atom stereocenters. The van der Waals surface area contributed by atoms with Crippen molar-refractivity contribution < 1.29 is 14.0 Å². The van der Waals surface area contributed by atoms with Gasteiger partial charge in [0.2, 0.25) is 0 Å². The van der Waals surface area contributed by atoms with Gasteiger partial charge in [0.15, 0.2) is 5.60 Å². The molecule has 3 heterocycles. The van der Waals surface area contributed by atoms with Gasteiger partial charge in [0.05, 0.1) is 6.54 Å². The average molecular weight is 374 g/mol. The molecule has 1 amide bonds. The lowest BCUT2D eigenvalue weighted by atomic mass is 9.96. The van der Waals surface area contributed by atoms with Crippen LogP contribution >= 0.6 is 11.3 Å². The summed E-state index contributed by atoms with van der Waals surface area (Å²) in [6.07, 6.45) is 3.16. The maximum atomic E-state index is 12.9. The first-order chi connectivity index (χ1) is 12.6. The van der Waals surface area contributed by atoms with Crippen molar-refractivity contribution in [2.45, 2.75) is 31.5 Å². The lowest BCUT2D eigenvalue weighted by Crippen LogP contribution is -2.36. The molecule has 1 aromatic heterocycles. The van der Waals surface area contributed by atoms with E-state index < -0.39 is 5.60 Å². The van der Waals surface area contributed by atoms with Crippen molar-refractivity contribution >= 4 is 23.0 Å². The van der Waals surface area contributed by atoms with Crippen LogP contribution in [-0.4, -0.2) is 40.2 Å². The van der Waals surface area contributed by atoms with Gasteiger partial charge in [-0.25, -0.2) is 9.37 Å². The van der Waals surface area contributed by atoms with Gasteiger partial charge in [-0.1, -0.05) is 17.3 Å². The number of aromatic nitrogens is 1. The first-order valence-electron chi connectivity index (χ1n) is 8.50. The molecule has 0 radical (unpaired) electrons. The SMILES string of the molecule is O=C(NCc1ccc(F)cc1)C1=NOC2(CCN(Cc3nccs3)C2)C1. The number of benzene rings is 1. The Hall–Kier alpha value is -2.32. The molecule has 136 valence electrons. The van der Waals surface area contributed by atoms with Crippen molar-refractivity contribution in [3.63, 3.8) is 0 Å². The number of thiazole rings is 1. The van der Waals surface area contributed by atoms with Crippen molar-refractivity contribution in [1.82, 2.24) is 15.2 Å². The number of carbonyl (C=O) groups excluding carboxylic acids is 1. The van der Waals surface area contributed by atoms with E-state index in [0.717, 1.165) is 36.6 Å². The van der Waals surface area contributed by atoms with E-state index in [1.54, 1.807) is 23.5 Å². The van der Waals surface area contributed by atoms with Gasteiger partial charge in [0.1, 0.15) is 16.5 Å². The Morgan fingerprint density at radius 2 is 2.23 bits per heavy atom. The largest absolute Gasteiger partial charge is 0.387 e. The van der Waals surface area contributed by atoms with E-state index in [1.807, 2.05) is 11.6 Å². The second-order valence-electron chi connectivity index (χ2n) is 6.68. The van der Waals surface area contributed by atoms with E-state index in [0.29, 0.717) is 18.7 Å². The molecule has 4 rings (SSSR count). The second kappa shape index (κ2) is 7.13. The predicted octanol–water partition coefficient (Wildman–Crippen LogP) is 2.32. The highest BCUT2D eigenvalue weighted by atomic mass is 32.1. The molecule has 8 heteroatoms. The highest BCUT2D eigenvalue weighted by molar-refractivity contribution is 7.09. The van der Waals surface area contributed by atoms with Crippen molar-refractivity contribution in [3.05, 3.63) is 52.2 Å². The van der Waals surface area contributed by atoms with Crippen LogP contribution in [0, 0.1) is 5.82 Å². The Bertz CT molecular complexity index is 809. The standard InChI is InChI=1S/C18H19FN4O2S/c19-14-3-1-13(2-4-14)10-21-17(24)15-9-18(25-22-15)5-7-23(12-18)11-16-20-6-8-26-16/h1-4,6,8H,5,7,9-12H2,(H,21,24). The van der Waals surface area contributed by atoms with Crippen LogP contribution in [0.4, 0.5) is 4.39 Å².